The smallest absolute Gasteiger partial charge is 0.271 e. The molecule has 5 heteroatoms. The minimum atomic E-state index is -0.403. The van der Waals surface area contributed by atoms with Gasteiger partial charge in [0.25, 0.3) is 5.69 Å². The monoisotopic (exact) mass is 252 g/mol. The van der Waals surface area contributed by atoms with E-state index in [-0.39, 0.29) is 17.8 Å². The molecule has 0 saturated heterocycles. The van der Waals surface area contributed by atoms with E-state index in [2.05, 4.69) is 5.32 Å². The fourth-order valence-corrected chi connectivity index (χ4v) is 1.76. The Labute approximate surface area is 107 Å². The lowest BCUT2D eigenvalue weighted by molar-refractivity contribution is -0.384. The molecule has 0 aliphatic rings. The Morgan fingerprint density at radius 3 is 2.67 bits per heavy atom. The highest BCUT2D eigenvalue weighted by molar-refractivity contribution is 5.58. The third-order valence-electron chi connectivity index (χ3n) is 3.31. The van der Waals surface area contributed by atoms with Gasteiger partial charge in [0, 0.05) is 30.0 Å². The number of rotatable bonds is 6. The van der Waals surface area contributed by atoms with Gasteiger partial charge >= 0.3 is 0 Å². The van der Waals surface area contributed by atoms with Gasteiger partial charge in [0.15, 0.2) is 0 Å². The zero-order valence-electron chi connectivity index (χ0n) is 11.1. The van der Waals surface area contributed by atoms with Gasteiger partial charge in [-0.2, -0.15) is 0 Å². The minimum Gasteiger partial charge on any atom is -0.396 e. The van der Waals surface area contributed by atoms with Crippen LogP contribution >= 0.6 is 0 Å². The summed E-state index contributed by atoms with van der Waals surface area (Å²) in [5, 5.41) is 23.1. The molecule has 0 aromatic heterocycles. The second-order valence-corrected chi connectivity index (χ2v) is 4.77. The molecule has 1 aromatic carbocycles. The van der Waals surface area contributed by atoms with E-state index in [0.717, 1.165) is 17.7 Å². The molecule has 100 valence electrons. The van der Waals surface area contributed by atoms with E-state index in [1.54, 1.807) is 12.1 Å². The molecule has 1 unspecified atom stereocenters. The zero-order valence-corrected chi connectivity index (χ0v) is 11.1. The van der Waals surface area contributed by atoms with Crippen LogP contribution in [0.25, 0.3) is 0 Å². The number of anilines is 1. The van der Waals surface area contributed by atoms with Crippen molar-refractivity contribution >= 4 is 11.4 Å². The van der Waals surface area contributed by atoms with Gasteiger partial charge in [-0.3, -0.25) is 10.1 Å². The predicted octanol–water partition coefficient (Wildman–Crippen LogP) is 2.87. The SMILES string of the molecule is CCC(C)(CCO)Nc1cc([N+](=O)[O-])ccc1C. The molecule has 5 nitrogen and oxygen atoms in total. The maximum Gasteiger partial charge on any atom is 0.271 e. The third kappa shape index (κ3) is 3.43. The van der Waals surface area contributed by atoms with E-state index in [0.29, 0.717) is 6.42 Å². The Morgan fingerprint density at radius 2 is 2.17 bits per heavy atom. The van der Waals surface area contributed by atoms with Crippen LogP contribution in [0.2, 0.25) is 0 Å². The molecule has 1 rings (SSSR count). The first kappa shape index (κ1) is 14.4. The van der Waals surface area contributed by atoms with Crippen LogP contribution in [-0.2, 0) is 0 Å². The summed E-state index contributed by atoms with van der Waals surface area (Å²) < 4.78 is 0. The molecule has 0 spiro atoms. The lowest BCUT2D eigenvalue weighted by atomic mass is 9.94. The van der Waals surface area contributed by atoms with Crippen molar-refractivity contribution in [2.24, 2.45) is 0 Å². The lowest BCUT2D eigenvalue weighted by Gasteiger charge is -2.31. The van der Waals surface area contributed by atoms with Crippen LogP contribution in [0.1, 0.15) is 32.3 Å². The van der Waals surface area contributed by atoms with Gasteiger partial charge in [-0.05, 0) is 32.3 Å². The first-order valence-electron chi connectivity index (χ1n) is 6.06. The van der Waals surface area contributed by atoms with Gasteiger partial charge in [-0.1, -0.05) is 13.0 Å². The highest BCUT2D eigenvalue weighted by atomic mass is 16.6. The number of nitrogens with zero attached hydrogens (tertiary/aromatic N) is 1. The summed E-state index contributed by atoms with van der Waals surface area (Å²) in [5.74, 6) is 0. The predicted molar refractivity (Wildman–Crippen MR) is 71.9 cm³/mol. The van der Waals surface area contributed by atoms with Gasteiger partial charge < -0.3 is 10.4 Å². The van der Waals surface area contributed by atoms with Gasteiger partial charge in [-0.25, -0.2) is 0 Å². The number of benzene rings is 1. The van der Waals surface area contributed by atoms with Crippen LogP contribution in [0.4, 0.5) is 11.4 Å². The van der Waals surface area contributed by atoms with E-state index in [9.17, 15) is 10.1 Å². The molecule has 0 radical (unpaired) electrons. The van der Waals surface area contributed by atoms with Gasteiger partial charge in [0.2, 0.25) is 0 Å². The summed E-state index contributed by atoms with van der Waals surface area (Å²) in [6.45, 7) is 6.02. The Bertz CT molecular complexity index is 434. The molecule has 0 saturated carbocycles. The molecule has 1 atom stereocenters. The number of nitro benzene ring substituents is 1. The molecular formula is C13H20N2O3. The first-order valence-corrected chi connectivity index (χ1v) is 6.06. The molecule has 2 N–H and O–H groups in total. The van der Waals surface area contributed by atoms with Crippen molar-refractivity contribution in [3.8, 4) is 0 Å². The van der Waals surface area contributed by atoms with Crippen molar-refractivity contribution in [1.82, 2.24) is 0 Å². The van der Waals surface area contributed by atoms with Crippen LogP contribution in [0.3, 0.4) is 0 Å². The van der Waals surface area contributed by atoms with Crippen molar-refractivity contribution in [3.05, 3.63) is 33.9 Å². The van der Waals surface area contributed by atoms with E-state index in [1.807, 2.05) is 20.8 Å². The summed E-state index contributed by atoms with van der Waals surface area (Å²) in [7, 11) is 0. The van der Waals surface area contributed by atoms with Crippen molar-refractivity contribution in [2.45, 2.75) is 39.2 Å². The molecule has 0 bridgehead atoms. The number of non-ortho nitro benzene ring substituents is 1. The van der Waals surface area contributed by atoms with Crippen molar-refractivity contribution < 1.29 is 10.0 Å². The highest BCUT2D eigenvalue weighted by Crippen LogP contribution is 2.27. The van der Waals surface area contributed by atoms with E-state index in [4.69, 9.17) is 5.11 Å². The molecule has 0 aliphatic carbocycles. The average molecular weight is 252 g/mol. The van der Waals surface area contributed by atoms with Crippen LogP contribution in [0, 0.1) is 17.0 Å². The lowest BCUT2D eigenvalue weighted by Crippen LogP contribution is -2.35. The second-order valence-electron chi connectivity index (χ2n) is 4.77. The third-order valence-corrected chi connectivity index (χ3v) is 3.31. The van der Waals surface area contributed by atoms with Crippen molar-refractivity contribution in [1.29, 1.82) is 0 Å². The number of hydrogen-bond donors (Lipinski definition) is 2. The summed E-state index contributed by atoms with van der Waals surface area (Å²) in [6, 6.07) is 4.77. The number of nitro groups is 1. The van der Waals surface area contributed by atoms with Crippen LogP contribution in [0.15, 0.2) is 18.2 Å². The number of nitrogens with one attached hydrogen (secondary N) is 1. The topological polar surface area (TPSA) is 75.4 Å². The Hall–Kier alpha value is -1.62. The quantitative estimate of drug-likeness (QED) is 0.603. The van der Waals surface area contributed by atoms with E-state index < -0.39 is 4.92 Å². The molecule has 0 heterocycles. The fraction of sp³-hybridized carbons (Fsp3) is 0.538. The number of aryl methyl sites for hydroxylation is 1. The highest BCUT2D eigenvalue weighted by Gasteiger charge is 2.22. The van der Waals surface area contributed by atoms with Gasteiger partial charge in [0.05, 0.1) is 4.92 Å². The fourth-order valence-electron chi connectivity index (χ4n) is 1.76. The van der Waals surface area contributed by atoms with E-state index >= 15 is 0 Å². The summed E-state index contributed by atoms with van der Waals surface area (Å²) in [4.78, 5) is 10.4. The Kier molecular flexibility index (Phi) is 4.67. The van der Waals surface area contributed by atoms with Crippen LogP contribution in [-0.4, -0.2) is 22.2 Å². The Balaban J connectivity index is 3.01. The average Bonchev–Trinajstić information content (AvgIpc) is 2.32. The molecule has 0 aliphatic heterocycles. The molecule has 18 heavy (non-hydrogen) atoms. The minimum absolute atomic E-state index is 0.0746. The molecular weight excluding hydrogens is 232 g/mol. The maximum absolute atomic E-state index is 10.8. The Morgan fingerprint density at radius 1 is 1.50 bits per heavy atom. The normalized spacial score (nSPS) is 14.0. The van der Waals surface area contributed by atoms with Gasteiger partial charge in [-0.15, -0.1) is 0 Å². The van der Waals surface area contributed by atoms with Crippen LogP contribution in [0.5, 0.6) is 0 Å². The van der Waals surface area contributed by atoms with Crippen LogP contribution < -0.4 is 5.32 Å². The standard InChI is InChI=1S/C13H20N2O3/c1-4-13(3,7-8-16)14-12-9-11(15(17)18)6-5-10(12)2/h5-6,9,14,16H,4,7-8H2,1-3H3. The molecule has 1 aromatic rings. The summed E-state index contributed by atoms with van der Waals surface area (Å²) in [6.07, 6.45) is 1.43. The van der Waals surface area contributed by atoms with E-state index in [1.165, 1.54) is 6.07 Å². The van der Waals surface area contributed by atoms with Gasteiger partial charge in [0.1, 0.15) is 0 Å². The number of aliphatic hydroxyl groups excluding tert-OH is 1. The summed E-state index contributed by atoms with van der Waals surface area (Å²) in [5.41, 5.74) is 1.53. The van der Waals surface area contributed by atoms with Crippen molar-refractivity contribution in [2.75, 3.05) is 11.9 Å². The largest absolute Gasteiger partial charge is 0.396 e. The zero-order chi connectivity index (χ0) is 13.8. The molecule has 0 fully saturated rings. The molecule has 0 amide bonds. The summed E-state index contributed by atoms with van der Waals surface area (Å²) >= 11 is 0. The first-order chi connectivity index (χ1) is 8.41. The number of aliphatic hydroxyl groups is 1. The second kappa shape index (κ2) is 5.82. The maximum atomic E-state index is 10.8. The number of hydrogen-bond acceptors (Lipinski definition) is 4. The van der Waals surface area contributed by atoms with Crippen molar-refractivity contribution in [3.63, 3.8) is 0 Å².